The van der Waals surface area contributed by atoms with E-state index in [-0.39, 0.29) is 24.5 Å². The molecule has 1 heterocycles. The van der Waals surface area contributed by atoms with Crippen molar-refractivity contribution in [2.75, 3.05) is 0 Å². The van der Waals surface area contributed by atoms with Gasteiger partial charge in [-0.15, -0.1) is 0 Å². The Kier molecular flexibility index (Phi) is 9.51. The van der Waals surface area contributed by atoms with Gasteiger partial charge in [-0.1, -0.05) is 19.6 Å². The SMILES string of the molecule is C.C1=CC=CNC=C1.[Cu]. The maximum absolute atomic E-state index is 2.92. The van der Waals surface area contributed by atoms with E-state index in [1.165, 1.54) is 0 Å². The molecule has 0 saturated carbocycles. The van der Waals surface area contributed by atoms with Crippen LogP contribution >= 0.6 is 0 Å². The molecule has 55 valence electrons. The molecule has 1 nitrogen and oxygen atoms in total. The minimum Gasteiger partial charge on any atom is -0.368 e. The van der Waals surface area contributed by atoms with Crippen molar-refractivity contribution >= 4 is 0 Å². The number of hydrogen-bond acceptors (Lipinski definition) is 1. The van der Waals surface area contributed by atoms with Gasteiger partial charge >= 0.3 is 0 Å². The zero-order valence-electron chi connectivity index (χ0n) is 4.27. The molecule has 1 radical (unpaired) electrons. The summed E-state index contributed by atoms with van der Waals surface area (Å²) in [6, 6.07) is 0. The van der Waals surface area contributed by atoms with E-state index in [9.17, 15) is 0 Å². The molecule has 1 rings (SSSR count). The van der Waals surface area contributed by atoms with Gasteiger partial charge in [0.05, 0.1) is 0 Å². The molecule has 0 spiro atoms. The third-order valence-electron chi connectivity index (χ3n) is 0.718. The van der Waals surface area contributed by atoms with Crippen LogP contribution in [0.15, 0.2) is 36.7 Å². The Morgan fingerprint density at radius 2 is 1.22 bits per heavy atom. The molecule has 0 amide bonds. The summed E-state index contributed by atoms with van der Waals surface area (Å²) in [5, 5.41) is 2.92. The van der Waals surface area contributed by atoms with Crippen molar-refractivity contribution in [1.29, 1.82) is 0 Å². The molecule has 0 aromatic heterocycles. The van der Waals surface area contributed by atoms with Gasteiger partial charge in [-0.25, -0.2) is 0 Å². The van der Waals surface area contributed by atoms with Gasteiger partial charge in [0.2, 0.25) is 0 Å². The van der Waals surface area contributed by atoms with E-state index in [4.69, 9.17) is 0 Å². The van der Waals surface area contributed by atoms with Crippen molar-refractivity contribution in [3.8, 4) is 0 Å². The summed E-state index contributed by atoms with van der Waals surface area (Å²) in [6.07, 6.45) is 11.6. The van der Waals surface area contributed by atoms with Crippen LogP contribution in [0.25, 0.3) is 0 Å². The van der Waals surface area contributed by atoms with E-state index < -0.39 is 0 Å². The third-order valence-corrected chi connectivity index (χ3v) is 0.718. The van der Waals surface area contributed by atoms with Crippen molar-refractivity contribution in [2.24, 2.45) is 0 Å². The zero-order chi connectivity index (χ0) is 4.95. The van der Waals surface area contributed by atoms with E-state index in [0.717, 1.165) is 0 Å². The molecule has 0 aromatic rings. The van der Waals surface area contributed by atoms with Gasteiger partial charge in [0, 0.05) is 29.5 Å². The van der Waals surface area contributed by atoms with Gasteiger partial charge in [-0.05, 0) is 12.2 Å². The van der Waals surface area contributed by atoms with Crippen LogP contribution in [0.2, 0.25) is 0 Å². The largest absolute Gasteiger partial charge is 0.368 e. The molecule has 0 aromatic carbocycles. The molecule has 0 saturated heterocycles. The number of nitrogens with one attached hydrogen (secondary N) is 1. The first-order chi connectivity index (χ1) is 3.50. The molecule has 1 aliphatic rings. The Morgan fingerprint density at radius 3 is 1.67 bits per heavy atom. The van der Waals surface area contributed by atoms with Crippen LogP contribution in [0.3, 0.4) is 0 Å². The monoisotopic (exact) mass is 172 g/mol. The van der Waals surface area contributed by atoms with E-state index in [1.807, 2.05) is 36.7 Å². The first-order valence-corrected chi connectivity index (χ1v) is 2.24. The van der Waals surface area contributed by atoms with Crippen LogP contribution in [-0.4, -0.2) is 0 Å². The molecule has 0 aliphatic carbocycles. The molecule has 9 heavy (non-hydrogen) atoms. The Morgan fingerprint density at radius 1 is 0.778 bits per heavy atom. The summed E-state index contributed by atoms with van der Waals surface area (Å²) in [7, 11) is 0. The van der Waals surface area contributed by atoms with Crippen LogP contribution < -0.4 is 5.32 Å². The summed E-state index contributed by atoms with van der Waals surface area (Å²) in [6.45, 7) is 0. The van der Waals surface area contributed by atoms with Crippen molar-refractivity contribution < 1.29 is 17.1 Å². The molecular formula is C7H11CuN. The minimum atomic E-state index is 0. The van der Waals surface area contributed by atoms with Gasteiger partial charge in [0.1, 0.15) is 0 Å². The molecule has 0 fully saturated rings. The van der Waals surface area contributed by atoms with Crippen LogP contribution in [-0.2, 0) is 17.1 Å². The van der Waals surface area contributed by atoms with Crippen LogP contribution in [0, 0.1) is 0 Å². The third kappa shape index (κ3) is 5.41. The summed E-state index contributed by atoms with van der Waals surface area (Å²) in [5.41, 5.74) is 0. The van der Waals surface area contributed by atoms with Gasteiger partial charge in [-0.2, -0.15) is 0 Å². The van der Waals surface area contributed by atoms with Crippen LogP contribution in [0.5, 0.6) is 0 Å². The maximum atomic E-state index is 2.92. The predicted molar refractivity (Wildman–Crippen MR) is 37.3 cm³/mol. The number of rotatable bonds is 0. The fourth-order valence-electron chi connectivity index (χ4n) is 0.406. The second kappa shape index (κ2) is 7.54. The van der Waals surface area contributed by atoms with Crippen molar-refractivity contribution in [2.45, 2.75) is 7.43 Å². The summed E-state index contributed by atoms with van der Waals surface area (Å²) < 4.78 is 0. The average Bonchev–Trinajstić information content (AvgIpc) is 1.90. The fraction of sp³-hybridized carbons (Fsp3) is 0.143. The van der Waals surface area contributed by atoms with Gasteiger partial charge in [0.15, 0.2) is 0 Å². The Balaban J connectivity index is 0. The number of hydrogen-bond donors (Lipinski definition) is 1. The van der Waals surface area contributed by atoms with Gasteiger partial charge in [0.25, 0.3) is 0 Å². The smallest absolute Gasteiger partial charge is 0.000442 e. The van der Waals surface area contributed by atoms with Crippen LogP contribution in [0.1, 0.15) is 7.43 Å². The zero-order valence-corrected chi connectivity index (χ0v) is 5.21. The molecule has 2 heteroatoms. The fourth-order valence-corrected chi connectivity index (χ4v) is 0.406. The topological polar surface area (TPSA) is 12.0 Å². The molecule has 1 N–H and O–H groups in total. The second-order valence-corrected chi connectivity index (χ2v) is 1.27. The molecular weight excluding hydrogens is 162 g/mol. The van der Waals surface area contributed by atoms with Gasteiger partial charge in [-0.3, -0.25) is 0 Å². The predicted octanol–water partition coefficient (Wildman–Crippen LogP) is 1.81. The Hall–Kier alpha value is -0.461. The first-order valence-electron chi connectivity index (χ1n) is 2.24. The second-order valence-electron chi connectivity index (χ2n) is 1.27. The normalized spacial score (nSPS) is 12.4. The van der Waals surface area contributed by atoms with Crippen molar-refractivity contribution in [1.82, 2.24) is 5.32 Å². The quantitative estimate of drug-likeness (QED) is 0.550. The van der Waals surface area contributed by atoms with Gasteiger partial charge < -0.3 is 5.32 Å². The number of allylic oxidation sites excluding steroid dienone is 4. The standard InChI is InChI=1S/C6H7N.CH4.Cu/c1-2-4-6-7-5-3-1;;/h1-7H;1H4;. The van der Waals surface area contributed by atoms with E-state index in [2.05, 4.69) is 5.32 Å². The van der Waals surface area contributed by atoms with E-state index in [0.29, 0.717) is 0 Å². The summed E-state index contributed by atoms with van der Waals surface area (Å²) >= 11 is 0. The summed E-state index contributed by atoms with van der Waals surface area (Å²) in [5.74, 6) is 0. The Labute approximate surface area is 67.0 Å². The van der Waals surface area contributed by atoms with Crippen LogP contribution in [0.4, 0.5) is 0 Å². The maximum Gasteiger partial charge on any atom is 0.000442 e. The molecule has 0 unspecified atom stereocenters. The molecule has 1 aliphatic heterocycles. The van der Waals surface area contributed by atoms with Crippen molar-refractivity contribution in [3.05, 3.63) is 36.7 Å². The molecule has 0 atom stereocenters. The minimum absolute atomic E-state index is 0. The Bertz CT molecular complexity index is 111. The molecule has 0 bridgehead atoms. The van der Waals surface area contributed by atoms with E-state index >= 15 is 0 Å². The summed E-state index contributed by atoms with van der Waals surface area (Å²) in [4.78, 5) is 0. The average molecular weight is 173 g/mol. The first kappa shape index (κ1) is 11.4. The van der Waals surface area contributed by atoms with Crippen molar-refractivity contribution in [3.63, 3.8) is 0 Å². The van der Waals surface area contributed by atoms with E-state index in [1.54, 1.807) is 0 Å².